The van der Waals surface area contributed by atoms with E-state index in [2.05, 4.69) is 17.6 Å². The highest BCUT2D eigenvalue weighted by Crippen LogP contribution is 2.18. The van der Waals surface area contributed by atoms with Crippen LogP contribution in [-0.4, -0.2) is 23.4 Å². The minimum Gasteiger partial charge on any atom is -0.493 e. The highest BCUT2D eigenvalue weighted by Gasteiger charge is 2.13. The van der Waals surface area contributed by atoms with E-state index in [1.807, 2.05) is 6.07 Å². The van der Waals surface area contributed by atoms with Crippen LogP contribution in [-0.2, 0) is 0 Å². The highest BCUT2D eigenvalue weighted by molar-refractivity contribution is 7.80. The number of benzene rings is 2. The van der Waals surface area contributed by atoms with Crippen LogP contribution in [0.1, 0.15) is 53.8 Å². The maximum Gasteiger partial charge on any atom is 0.261 e. The predicted octanol–water partition coefficient (Wildman–Crippen LogP) is 4.59. The van der Waals surface area contributed by atoms with Gasteiger partial charge in [0.25, 0.3) is 5.91 Å². The number of anilines is 1. The van der Waals surface area contributed by atoms with E-state index in [9.17, 15) is 9.59 Å². The fraction of sp³-hybridized carbons (Fsp3) is 0.286. The van der Waals surface area contributed by atoms with Gasteiger partial charge in [0.1, 0.15) is 5.75 Å². The zero-order valence-corrected chi connectivity index (χ0v) is 16.4. The summed E-state index contributed by atoms with van der Waals surface area (Å²) in [6.07, 6.45) is 3.14. The average molecular weight is 385 g/mol. The summed E-state index contributed by atoms with van der Waals surface area (Å²) in [5.74, 6) is 0.150. The number of rotatable bonds is 8. The van der Waals surface area contributed by atoms with E-state index in [0.29, 0.717) is 29.2 Å². The third kappa shape index (κ3) is 6.49. The Bertz CT molecular complexity index is 821. The molecule has 6 heteroatoms. The molecule has 27 heavy (non-hydrogen) atoms. The van der Waals surface area contributed by atoms with E-state index in [0.717, 1.165) is 19.3 Å². The van der Waals surface area contributed by atoms with Gasteiger partial charge in [0, 0.05) is 11.3 Å². The van der Waals surface area contributed by atoms with Gasteiger partial charge >= 0.3 is 0 Å². The number of Topliss-reactive ketones (excluding diaryl/α,β-unsaturated/α-hetero) is 1. The molecule has 0 fully saturated rings. The Kier molecular flexibility index (Phi) is 7.95. The van der Waals surface area contributed by atoms with Crippen molar-refractivity contribution >= 4 is 34.7 Å². The van der Waals surface area contributed by atoms with Gasteiger partial charge < -0.3 is 10.1 Å². The number of carbonyl (C=O) groups is 2. The van der Waals surface area contributed by atoms with Crippen molar-refractivity contribution in [3.8, 4) is 5.75 Å². The number of unbranched alkanes of at least 4 members (excludes halogenated alkanes) is 2. The molecule has 0 radical (unpaired) electrons. The fourth-order valence-corrected chi connectivity index (χ4v) is 2.67. The van der Waals surface area contributed by atoms with Crippen LogP contribution in [0.3, 0.4) is 0 Å². The van der Waals surface area contributed by atoms with Crippen molar-refractivity contribution in [3.63, 3.8) is 0 Å². The number of hydrogen-bond acceptors (Lipinski definition) is 4. The molecule has 142 valence electrons. The first-order valence-electron chi connectivity index (χ1n) is 8.96. The maximum atomic E-state index is 12.6. The van der Waals surface area contributed by atoms with Crippen LogP contribution < -0.4 is 15.4 Å². The van der Waals surface area contributed by atoms with Gasteiger partial charge in [0.2, 0.25) is 0 Å². The number of ether oxygens (including phenoxy) is 1. The second-order valence-corrected chi connectivity index (χ2v) is 6.51. The van der Waals surface area contributed by atoms with Crippen LogP contribution in [0.4, 0.5) is 5.69 Å². The summed E-state index contributed by atoms with van der Waals surface area (Å²) in [7, 11) is 0. The minimum atomic E-state index is -0.346. The van der Waals surface area contributed by atoms with Crippen molar-refractivity contribution in [3.05, 3.63) is 59.7 Å². The molecule has 0 saturated carbocycles. The third-order valence-corrected chi connectivity index (χ3v) is 4.10. The Labute approximate surface area is 165 Å². The molecule has 2 N–H and O–H groups in total. The van der Waals surface area contributed by atoms with Gasteiger partial charge in [-0.05, 0) is 49.8 Å². The first-order chi connectivity index (χ1) is 13.0. The lowest BCUT2D eigenvalue weighted by Crippen LogP contribution is -2.34. The Morgan fingerprint density at radius 3 is 2.59 bits per heavy atom. The molecular weight excluding hydrogens is 360 g/mol. The first-order valence-corrected chi connectivity index (χ1v) is 9.37. The zero-order chi connectivity index (χ0) is 19.6. The molecule has 5 nitrogen and oxygen atoms in total. The second-order valence-electron chi connectivity index (χ2n) is 6.10. The molecule has 2 rings (SSSR count). The van der Waals surface area contributed by atoms with Crippen LogP contribution >= 0.6 is 12.2 Å². The van der Waals surface area contributed by atoms with Gasteiger partial charge in [-0.15, -0.1) is 0 Å². The molecule has 1 amide bonds. The van der Waals surface area contributed by atoms with E-state index in [-0.39, 0.29) is 16.8 Å². The number of hydrogen-bond donors (Lipinski definition) is 2. The van der Waals surface area contributed by atoms with Crippen LogP contribution in [0.25, 0.3) is 0 Å². The SMILES string of the molecule is CCCCCOc1ccccc1C(=O)NC(=S)Nc1cccc(C(C)=O)c1. The molecule has 0 aliphatic rings. The Morgan fingerprint density at radius 1 is 1.07 bits per heavy atom. The van der Waals surface area contributed by atoms with E-state index in [1.165, 1.54) is 6.92 Å². The lowest BCUT2D eigenvalue weighted by Gasteiger charge is -2.13. The van der Waals surface area contributed by atoms with Crippen LogP contribution in [0.2, 0.25) is 0 Å². The summed E-state index contributed by atoms with van der Waals surface area (Å²) in [6, 6.07) is 14.0. The molecular formula is C21H24N2O3S. The quantitative estimate of drug-likeness (QED) is 0.396. The van der Waals surface area contributed by atoms with Gasteiger partial charge in [0.05, 0.1) is 12.2 Å². The molecule has 0 aromatic heterocycles. The highest BCUT2D eigenvalue weighted by atomic mass is 32.1. The predicted molar refractivity (Wildman–Crippen MR) is 112 cm³/mol. The Balaban J connectivity index is 1.99. The van der Waals surface area contributed by atoms with E-state index < -0.39 is 0 Å². The van der Waals surface area contributed by atoms with Crippen LogP contribution in [0.15, 0.2) is 48.5 Å². The van der Waals surface area contributed by atoms with E-state index in [4.69, 9.17) is 17.0 Å². The summed E-state index contributed by atoms with van der Waals surface area (Å²) in [5, 5.41) is 5.73. The zero-order valence-electron chi connectivity index (χ0n) is 15.6. The lowest BCUT2D eigenvalue weighted by molar-refractivity contribution is 0.0971. The number of para-hydroxylation sites is 1. The second kappa shape index (κ2) is 10.4. The van der Waals surface area contributed by atoms with Crippen molar-refractivity contribution in [1.82, 2.24) is 5.32 Å². The van der Waals surface area contributed by atoms with E-state index >= 15 is 0 Å². The topological polar surface area (TPSA) is 67.4 Å². The Morgan fingerprint density at radius 2 is 1.85 bits per heavy atom. The Hall–Kier alpha value is -2.73. The smallest absolute Gasteiger partial charge is 0.261 e. The number of thiocarbonyl (C=S) groups is 1. The molecule has 0 aliphatic carbocycles. The molecule has 0 atom stereocenters. The van der Waals surface area contributed by atoms with Crippen molar-refractivity contribution in [2.24, 2.45) is 0 Å². The number of ketones is 1. The number of nitrogens with one attached hydrogen (secondary N) is 2. The van der Waals surface area contributed by atoms with Crippen LogP contribution in [0, 0.1) is 0 Å². The molecule has 0 saturated heterocycles. The first kappa shape index (κ1) is 20.6. The summed E-state index contributed by atoms with van der Waals surface area (Å²) < 4.78 is 5.74. The normalized spacial score (nSPS) is 10.1. The summed E-state index contributed by atoms with van der Waals surface area (Å²) >= 11 is 5.22. The fourth-order valence-electron chi connectivity index (χ4n) is 2.46. The largest absolute Gasteiger partial charge is 0.493 e. The lowest BCUT2D eigenvalue weighted by atomic mass is 10.1. The standard InChI is InChI=1S/C21H24N2O3S/c1-3-4-7-13-26-19-12-6-5-11-18(19)20(25)23-21(27)22-17-10-8-9-16(14-17)15(2)24/h5-6,8-12,14H,3-4,7,13H2,1-2H3,(H2,22,23,25,27). The molecule has 0 spiro atoms. The third-order valence-electron chi connectivity index (χ3n) is 3.89. The monoisotopic (exact) mass is 384 g/mol. The van der Waals surface area contributed by atoms with Crippen LogP contribution in [0.5, 0.6) is 5.75 Å². The maximum absolute atomic E-state index is 12.6. The molecule has 2 aromatic rings. The average Bonchev–Trinajstić information content (AvgIpc) is 2.65. The minimum absolute atomic E-state index is 0.0391. The molecule has 0 heterocycles. The van der Waals surface area contributed by atoms with Gasteiger partial charge in [-0.25, -0.2) is 0 Å². The number of carbonyl (C=O) groups excluding carboxylic acids is 2. The summed E-state index contributed by atoms with van der Waals surface area (Å²) in [5.41, 5.74) is 1.63. The van der Waals surface area contributed by atoms with Crippen molar-refractivity contribution in [1.29, 1.82) is 0 Å². The number of amides is 1. The van der Waals surface area contributed by atoms with E-state index in [1.54, 1.807) is 42.5 Å². The molecule has 0 bridgehead atoms. The van der Waals surface area contributed by atoms with Gasteiger partial charge in [-0.2, -0.15) is 0 Å². The molecule has 2 aromatic carbocycles. The van der Waals surface area contributed by atoms with Crippen molar-refractivity contribution in [2.75, 3.05) is 11.9 Å². The molecule has 0 unspecified atom stereocenters. The summed E-state index contributed by atoms with van der Waals surface area (Å²) in [4.78, 5) is 24.0. The van der Waals surface area contributed by atoms with Crippen molar-refractivity contribution in [2.45, 2.75) is 33.1 Å². The van der Waals surface area contributed by atoms with Crippen molar-refractivity contribution < 1.29 is 14.3 Å². The van der Waals surface area contributed by atoms with Gasteiger partial charge in [-0.1, -0.05) is 44.0 Å². The van der Waals surface area contributed by atoms with Gasteiger partial charge in [0.15, 0.2) is 10.9 Å². The summed E-state index contributed by atoms with van der Waals surface area (Å²) in [6.45, 7) is 4.19. The van der Waals surface area contributed by atoms with Gasteiger partial charge in [-0.3, -0.25) is 14.9 Å². The molecule has 0 aliphatic heterocycles.